The molecule has 1 saturated heterocycles. The SMILES string of the molecule is CCCc1ccc(NC(=O)CN2C(=O)NC(CC)(c3ccccc3)C2=O)cc1. The van der Waals surface area contributed by atoms with E-state index in [9.17, 15) is 14.4 Å². The third-order valence-electron chi connectivity index (χ3n) is 5.05. The van der Waals surface area contributed by atoms with Crippen molar-refractivity contribution in [3.05, 3.63) is 65.7 Å². The fourth-order valence-corrected chi connectivity index (χ4v) is 3.52. The van der Waals surface area contributed by atoms with E-state index in [0.717, 1.165) is 17.7 Å². The van der Waals surface area contributed by atoms with E-state index in [0.29, 0.717) is 17.7 Å². The normalized spacial score (nSPS) is 18.9. The second-order valence-electron chi connectivity index (χ2n) is 6.94. The van der Waals surface area contributed by atoms with Crippen molar-refractivity contribution in [3.8, 4) is 0 Å². The molecular formula is C22H25N3O3. The number of benzene rings is 2. The van der Waals surface area contributed by atoms with Crippen LogP contribution in [0.2, 0.25) is 0 Å². The van der Waals surface area contributed by atoms with E-state index in [4.69, 9.17) is 0 Å². The average molecular weight is 379 g/mol. The van der Waals surface area contributed by atoms with Crippen molar-refractivity contribution in [1.29, 1.82) is 0 Å². The van der Waals surface area contributed by atoms with Gasteiger partial charge in [-0.2, -0.15) is 0 Å². The summed E-state index contributed by atoms with van der Waals surface area (Å²) < 4.78 is 0. The lowest BCUT2D eigenvalue weighted by Crippen LogP contribution is -2.44. The summed E-state index contributed by atoms with van der Waals surface area (Å²) in [6.07, 6.45) is 2.44. The van der Waals surface area contributed by atoms with Gasteiger partial charge in [0.2, 0.25) is 5.91 Å². The highest BCUT2D eigenvalue weighted by Gasteiger charge is 2.51. The van der Waals surface area contributed by atoms with Gasteiger partial charge in [0.05, 0.1) is 0 Å². The lowest BCUT2D eigenvalue weighted by Gasteiger charge is -2.25. The molecule has 1 aliphatic rings. The molecule has 0 saturated carbocycles. The molecule has 6 heteroatoms. The van der Waals surface area contributed by atoms with Gasteiger partial charge < -0.3 is 10.6 Å². The number of nitrogens with zero attached hydrogens (tertiary/aromatic N) is 1. The monoisotopic (exact) mass is 379 g/mol. The number of aryl methyl sites for hydroxylation is 1. The Balaban J connectivity index is 1.71. The Morgan fingerprint density at radius 3 is 2.32 bits per heavy atom. The molecule has 1 fully saturated rings. The number of carbonyl (C=O) groups excluding carboxylic acids is 3. The first kappa shape index (κ1) is 19.6. The van der Waals surface area contributed by atoms with Crippen LogP contribution in [-0.2, 0) is 21.5 Å². The first-order valence-electron chi connectivity index (χ1n) is 9.58. The topological polar surface area (TPSA) is 78.5 Å². The fraction of sp³-hybridized carbons (Fsp3) is 0.318. The van der Waals surface area contributed by atoms with Crippen LogP contribution in [-0.4, -0.2) is 29.3 Å². The number of hydrogen-bond acceptors (Lipinski definition) is 3. The smallest absolute Gasteiger partial charge is 0.325 e. The summed E-state index contributed by atoms with van der Waals surface area (Å²) in [7, 11) is 0. The molecule has 3 rings (SSSR count). The van der Waals surface area contributed by atoms with Crippen LogP contribution in [0.25, 0.3) is 0 Å². The van der Waals surface area contributed by atoms with Crippen LogP contribution in [0.1, 0.15) is 37.8 Å². The third-order valence-corrected chi connectivity index (χ3v) is 5.05. The van der Waals surface area contributed by atoms with Gasteiger partial charge in [0, 0.05) is 5.69 Å². The van der Waals surface area contributed by atoms with E-state index in [1.54, 1.807) is 0 Å². The highest BCUT2D eigenvalue weighted by molar-refractivity contribution is 6.10. The molecule has 2 aromatic rings. The molecule has 1 aliphatic heterocycles. The van der Waals surface area contributed by atoms with E-state index < -0.39 is 23.4 Å². The highest BCUT2D eigenvalue weighted by Crippen LogP contribution is 2.32. The predicted octanol–water partition coefficient (Wildman–Crippen LogP) is 3.43. The Labute approximate surface area is 164 Å². The number of carbonyl (C=O) groups is 3. The van der Waals surface area contributed by atoms with E-state index >= 15 is 0 Å². The van der Waals surface area contributed by atoms with Gasteiger partial charge in [0.25, 0.3) is 5.91 Å². The largest absolute Gasteiger partial charge is 0.325 e. The molecule has 2 aromatic carbocycles. The summed E-state index contributed by atoms with van der Waals surface area (Å²) in [6.45, 7) is 3.63. The van der Waals surface area contributed by atoms with Crippen molar-refractivity contribution in [2.45, 2.75) is 38.6 Å². The molecule has 0 spiro atoms. The van der Waals surface area contributed by atoms with E-state index in [1.165, 1.54) is 5.56 Å². The first-order chi connectivity index (χ1) is 13.5. The van der Waals surface area contributed by atoms with E-state index in [1.807, 2.05) is 61.5 Å². The first-order valence-corrected chi connectivity index (χ1v) is 9.58. The lowest BCUT2D eigenvalue weighted by atomic mass is 9.87. The van der Waals surface area contributed by atoms with Gasteiger partial charge in [-0.15, -0.1) is 0 Å². The lowest BCUT2D eigenvalue weighted by molar-refractivity contribution is -0.134. The van der Waals surface area contributed by atoms with Gasteiger partial charge in [-0.3, -0.25) is 14.5 Å². The molecular weight excluding hydrogens is 354 g/mol. The van der Waals surface area contributed by atoms with Crippen LogP contribution in [0.5, 0.6) is 0 Å². The standard InChI is InChI=1S/C22H25N3O3/c1-3-8-16-11-13-18(14-12-16)23-19(26)15-25-20(27)22(4-2,24-21(25)28)17-9-6-5-7-10-17/h5-7,9-14H,3-4,8,15H2,1-2H3,(H,23,26)(H,24,28). The minimum absolute atomic E-state index is 0.323. The summed E-state index contributed by atoms with van der Waals surface area (Å²) >= 11 is 0. The number of hydrogen-bond donors (Lipinski definition) is 2. The Morgan fingerprint density at radius 2 is 1.71 bits per heavy atom. The zero-order chi connectivity index (χ0) is 20.1. The zero-order valence-corrected chi connectivity index (χ0v) is 16.2. The van der Waals surface area contributed by atoms with Crippen LogP contribution in [0.15, 0.2) is 54.6 Å². The number of rotatable bonds is 7. The molecule has 1 atom stereocenters. The Morgan fingerprint density at radius 1 is 1.04 bits per heavy atom. The summed E-state index contributed by atoms with van der Waals surface area (Å²) in [6, 6.07) is 16.1. The van der Waals surface area contributed by atoms with Gasteiger partial charge in [0.15, 0.2) is 0 Å². The third kappa shape index (κ3) is 3.76. The maximum atomic E-state index is 13.0. The molecule has 4 amide bonds. The van der Waals surface area contributed by atoms with Crippen LogP contribution in [0.3, 0.4) is 0 Å². The molecule has 0 aromatic heterocycles. The second kappa shape index (κ2) is 8.25. The predicted molar refractivity (Wildman–Crippen MR) is 108 cm³/mol. The molecule has 0 bridgehead atoms. The molecule has 28 heavy (non-hydrogen) atoms. The van der Waals surface area contributed by atoms with Gasteiger partial charge in [-0.05, 0) is 36.1 Å². The van der Waals surface area contributed by atoms with Crippen molar-refractivity contribution >= 4 is 23.5 Å². The number of nitrogens with one attached hydrogen (secondary N) is 2. The highest BCUT2D eigenvalue weighted by atomic mass is 16.2. The number of amides is 4. The van der Waals surface area contributed by atoms with Crippen LogP contribution < -0.4 is 10.6 Å². The summed E-state index contributed by atoms with van der Waals surface area (Å²) in [4.78, 5) is 38.9. The van der Waals surface area contributed by atoms with Gasteiger partial charge in [-0.25, -0.2) is 4.79 Å². The fourth-order valence-electron chi connectivity index (χ4n) is 3.52. The van der Waals surface area contributed by atoms with Crippen LogP contribution in [0, 0.1) is 0 Å². The molecule has 0 aliphatic carbocycles. The van der Waals surface area contributed by atoms with Gasteiger partial charge in [0.1, 0.15) is 12.1 Å². The van der Waals surface area contributed by atoms with Crippen LogP contribution in [0.4, 0.5) is 10.5 Å². The van der Waals surface area contributed by atoms with Crippen molar-refractivity contribution in [2.24, 2.45) is 0 Å². The Bertz CT molecular complexity index is 864. The summed E-state index contributed by atoms with van der Waals surface area (Å²) in [5.74, 6) is -0.814. The quantitative estimate of drug-likeness (QED) is 0.724. The van der Waals surface area contributed by atoms with Crippen molar-refractivity contribution < 1.29 is 14.4 Å². The maximum absolute atomic E-state index is 13.0. The summed E-state index contributed by atoms with van der Waals surface area (Å²) in [5.41, 5.74) is 1.43. The van der Waals surface area contributed by atoms with E-state index in [-0.39, 0.29) is 6.54 Å². The molecule has 2 N–H and O–H groups in total. The molecule has 6 nitrogen and oxygen atoms in total. The van der Waals surface area contributed by atoms with Crippen LogP contribution >= 0.6 is 0 Å². The van der Waals surface area contributed by atoms with Crippen molar-refractivity contribution in [3.63, 3.8) is 0 Å². The van der Waals surface area contributed by atoms with Crippen molar-refractivity contribution in [1.82, 2.24) is 10.2 Å². The van der Waals surface area contributed by atoms with Gasteiger partial charge >= 0.3 is 6.03 Å². The minimum Gasteiger partial charge on any atom is -0.325 e. The Kier molecular flexibility index (Phi) is 5.78. The maximum Gasteiger partial charge on any atom is 0.325 e. The second-order valence-corrected chi connectivity index (χ2v) is 6.94. The minimum atomic E-state index is -1.12. The van der Waals surface area contributed by atoms with E-state index in [2.05, 4.69) is 17.6 Å². The molecule has 1 heterocycles. The molecule has 146 valence electrons. The van der Waals surface area contributed by atoms with Crippen molar-refractivity contribution in [2.75, 3.05) is 11.9 Å². The van der Waals surface area contributed by atoms with Gasteiger partial charge in [-0.1, -0.05) is 62.7 Å². The zero-order valence-electron chi connectivity index (χ0n) is 16.2. The number of imide groups is 1. The Hall–Kier alpha value is -3.15. The summed E-state index contributed by atoms with van der Waals surface area (Å²) in [5, 5.41) is 5.53. The number of anilines is 1. The molecule has 0 radical (unpaired) electrons. The molecule has 1 unspecified atom stereocenters. The average Bonchev–Trinajstić information content (AvgIpc) is 2.95. The number of urea groups is 1.